The van der Waals surface area contributed by atoms with E-state index < -0.39 is 12.1 Å². The lowest BCUT2D eigenvalue weighted by molar-refractivity contribution is -0.147. The van der Waals surface area contributed by atoms with Crippen molar-refractivity contribution in [2.45, 2.75) is 20.0 Å². The topological polar surface area (TPSA) is 92.3 Å². The highest BCUT2D eigenvalue weighted by atomic mass is 16.6. The number of aryl methyl sites for hydroxylation is 1. The molecule has 2 aromatic heterocycles. The first-order chi connectivity index (χ1) is 11.5. The van der Waals surface area contributed by atoms with Crippen LogP contribution in [0.15, 0.2) is 36.4 Å². The summed E-state index contributed by atoms with van der Waals surface area (Å²) < 4.78 is 12.0. The number of methoxy groups -OCH3 is 1. The number of anilines is 1. The van der Waals surface area contributed by atoms with Crippen LogP contribution in [-0.2, 0) is 9.53 Å². The predicted molar refractivity (Wildman–Crippen MR) is 90.1 cm³/mol. The molecule has 0 saturated carbocycles. The van der Waals surface area contributed by atoms with Gasteiger partial charge in [-0.2, -0.15) is 9.78 Å². The van der Waals surface area contributed by atoms with E-state index in [2.05, 4.69) is 10.1 Å². The molecule has 0 fully saturated rings. The van der Waals surface area contributed by atoms with Crippen molar-refractivity contribution in [2.75, 3.05) is 12.8 Å². The number of benzene rings is 1. The Labute approximate surface area is 139 Å². The Bertz CT molecular complexity index is 904. The standard InChI is InChI=1S/C17H18N4O3/c1-10-9-14(18)21(20-10)15-8-7-12-5-4-6-13(16(12)19-15)24-11(2)17(22)23-3/h4-9,11H,18H2,1-3H3. The summed E-state index contributed by atoms with van der Waals surface area (Å²) in [7, 11) is 1.32. The van der Waals surface area contributed by atoms with Gasteiger partial charge in [0.05, 0.1) is 12.8 Å². The van der Waals surface area contributed by atoms with Gasteiger partial charge in [0, 0.05) is 11.5 Å². The lowest BCUT2D eigenvalue weighted by Gasteiger charge is -2.14. The maximum absolute atomic E-state index is 11.6. The molecule has 1 aromatic carbocycles. The van der Waals surface area contributed by atoms with E-state index in [4.69, 9.17) is 15.2 Å². The fourth-order valence-electron chi connectivity index (χ4n) is 2.43. The van der Waals surface area contributed by atoms with Gasteiger partial charge in [-0.15, -0.1) is 0 Å². The number of rotatable bonds is 4. The van der Waals surface area contributed by atoms with Crippen molar-refractivity contribution in [1.29, 1.82) is 0 Å². The van der Waals surface area contributed by atoms with Crippen LogP contribution in [0.3, 0.4) is 0 Å². The fourth-order valence-corrected chi connectivity index (χ4v) is 2.43. The summed E-state index contributed by atoms with van der Waals surface area (Å²) in [5, 5.41) is 5.22. The number of carbonyl (C=O) groups excluding carboxylic acids is 1. The Kier molecular flexibility index (Phi) is 4.07. The van der Waals surface area contributed by atoms with Crippen LogP contribution < -0.4 is 10.5 Å². The third-order valence-electron chi connectivity index (χ3n) is 3.58. The van der Waals surface area contributed by atoms with Crippen LogP contribution in [0.4, 0.5) is 5.82 Å². The van der Waals surface area contributed by atoms with E-state index in [9.17, 15) is 4.79 Å². The Morgan fingerprint density at radius 1 is 1.29 bits per heavy atom. The Morgan fingerprint density at radius 2 is 2.08 bits per heavy atom. The highest BCUT2D eigenvalue weighted by molar-refractivity contribution is 5.86. The van der Waals surface area contributed by atoms with Crippen LogP contribution in [0.5, 0.6) is 5.75 Å². The maximum Gasteiger partial charge on any atom is 0.346 e. The van der Waals surface area contributed by atoms with Crippen molar-refractivity contribution in [3.63, 3.8) is 0 Å². The second-order valence-electron chi connectivity index (χ2n) is 5.40. The zero-order valence-corrected chi connectivity index (χ0v) is 13.7. The van der Waals surface area contributed by atoms with Gasteiger partial charge in [0.25, 0.3) is 0 Å². The molecule has 1 unspecified atom stereocenters. The van der Waals surface area contributed by atoms with Crippen molar-refractivity contribution in [1.82, 2.24) is 14.8 Å². The molecule has 0 amide bonds. The first kappa shape index (κ1) is 15.8. The number of esters is 1. The van der Waals surface area contributed by atoms with Crippen LogP contribution in [0.2, 0.25) is 0 Å². The monoisotopic (exact) mass is 326 g/mol. The Morgan fingerprint density at radius 3 is 2.75 bits per heavy atom. The number of carbonyl (C=O) groups is 1. The molecule has 2 N–H and O–H groups in total. The molecule has 2 heterocycles. The second kappa shape index (κ2) is 6.19. The average molecular weight is 326 g/mol. The maximum atomic E-state index is 11.6. The van der Waals surface area contributed by atoms with E-state index in [1.807, 2.05) is 31.2 Å². The van der Waals surface area contributed by atoms with Gasteiger partial charge < -0.3 is 15.2 Å². The molecule has 24 heavy (non-hydrogen) atoms. The van der Waals surface area contributed by atoms with Crippen LogP contribution in [-0.4, -0.2) is 33.9 Å². The van der Waals surface area contributed by atoms with E-state index in [0.29, 0.717) is 22.9 Å². The number of hydrogen-bond donors (Lipinski definition) is 1. The largest absolute Gasteiger partial charge is 0.477 e. The molecule has 1 atom stereocenters. The number of aromatic nitrogens is 3. The number of hydrogen-bond acceptors (Lipinski definition) is 6. The zero-order chi connectivity index (χ0) is 17.3. The second-order valence-corrected chi connectivity index (χ2v) is 5.40. The van der Waals surface area contributed by atoms with Crippen LogP contribution >= 0.6 is 0 Å². The van der Waals surface area contributed by atoms with Crippen molar-refractivity contribution < 1.29 is 14.3 Å². The molecule has 0 radical (unpaired) electrons. The molecular formula is C17H18N4O3. The Balaban J connectivity index is 2.06. The molecular weight excluding hydrogens is 308 g/mol. The number of nitrogens with zero attached hydrogens (tertiary/aromatic N) is 3. The minimum Gasteiger partial charge on any atom is -0.477 e. The summed E-state index contributed by atoms with van der Waals surface area (Å²) in [6, 6.07) is 11.0. The van der Waals surface area contributed by atoms with Crippen LogP contribution in [0, 0.1) is 6.92 Å². The number of nitrogens with two attached hydrogens (primary N) is 1. The van der Waals surface area contributed by atoms with E-state index in [1.165, 1.54) is 7.11 Å². The molecule has 0 saturated heterocycles. The minimum absolute atomic E-state index is 0.449. The van der Waals surface area contributed by atoms with Gasteiger partial charge >= 0.3 is 5.97 Å². The lowest BCUT2D eigenvalue weighted by atomic mass is 10.2. The molecule has 7 heteroatoms. The molecule has 124 valence electrons. The van der Waals surface area contributed by atoms with E-state index in [-0.39, 0.29) is 0 Å². The highest BCUT2D eigenvalue weighted by Crippen LogP contribution is 2.26. The van der Waals surface area contributed by atoms with Crippen molar-refractivity contribution >= 4 is 22.7 Å². The Hall–Kier alpha value is -3.09. The molecule has 0 spiro atoms. The predicted octanol–water partition coefficient (Wildman–Crippen LogP) is 2.25. The van der Waals surface area contributed by atoms with E-state index >= 15 is 0 Å². The van der Waals surface area contributed by atoms with Gasteiger partial charge in [-0.3, -0.25) is 0 Å². The van der Waals surface area contributed by atoms with Gasteiger partial charge in [-0.25, -0.2) is 9.78 Å². The summed E-state index contributed by atoms with van der Waals surface area (Å²) in [5.41, 5.74) is 7.39. The normalized spacial score (nSPS) is 12.1. The van der Waals surface area contributed by atoms with Gasteiger partial charge in [0.1, 0.15) is 17.1 Å². The summed E-state index contributed by atoms with van der Waals surface area (Å²) in [6.07, 6.45) is -0.733. The van der Waals surface area contributed by atoms with E-state index in [0.717, 1.165) is 11.1 Å². The number of pyridine rings is 1. The van der Waals surface area contributed by atoms with Crippen molar-refractivity contribution in [2.24, 2.45) is 0 Å². The SMILES string of the molecule is COC(=O)C(C)Oc1cccc2ccc(-n3nc(C)cc3N)nc12. The van der Waals surface area contributed by atoms with Crippen LogP contribution in [0.25, 0.3) is 16.7 Å². The van der Waals surface area contributed by atoms with Crippen molar-refractivity contribution in [3.05, 3.63) is 42.1 Å². The molecule has 0 bridgehead atoms. The van der Waals surface area contributed by atoms with Crippen LogP contribution in [0.1, 0.15) is 12.6 Å². The highest BCUT2D eigenvalue weighted by Gasteiger charge is 2.17. The van der Waals surface area contributed by atoms with Gasteiger partial charge in [-0.1, -0.05) is 12.1 Å². The number of para-hydroxylation sites is 1. The number of fused-ring (bicyclic) bond motifs is 1. The first-order valence-electron chi connectivity index (χ1n) is 7.46. The molecule has 3 rings (SSSR count). The molecule has 3 aromatic rings. The number of nitrogen functional groups attached to an aromatic ring is 1. The first-order valence-corrected chi connectivity index (χ1v) is 7.46. The molecule has 0 aliphatic carbocycles. The summed E-state index contributed by atoms with van der Waals surface area (Å²) in [6.45, 7) is 3.49. The van der Waals surface area contributed by atoms with Gasteiger partial charge in [-0.05, 0) is 32.0 Å². The van der Waals surface area contributed by atoms with E-state index in [1.54, 1.807) is 23.7 Å². The van der Waals surface area contributed by atoms with Gasteiger partial charge in [0.2, 0.25) is 0 Å². The van der Waals surface area contributed by atoms with Crippen molar-refractivity contribution in [3.8, 4) is 11.6 Å². The molecule has 0 aliphatic heterocycles. The summed E-state index contributed by atoms with van der Waals surface area (Å²) >= 11 is 0. The zero-order valence-electron chi connectivity index (χ0n) is 13.7. The average Bonchev–Trinajstić information content (AvgIpc) is 2.92. The summed E-state index contributed by atoms with van der Waals surface area (Å²) in [5.74, 6) is 1.13. The third-order valence-corrected chi connectivity index (χ3v) is 3.58. The summed E-state index contributed by atoms with van der Waals surface area (Å²) in [4.78, 5) is 16.2. The smallest absolute Gasteiger partial charge is 0.346 e. The lowest BCUT2D eigenvalue weighted by Crippen LogP contribution is -2.25. The minimum atomic E-state index is -0.733. The molecule has 7 nitrogen and oxygen atoms in total. The fraction of sp³-hybridized carbons (Fsp3) is 0.235. The quantitative estimate of drug-likeness (QED) is 0.739. The van der Waals surface area contributed by atoms with Gasteiger partial charge in [0.15, 0.2) is 11.9 Å². The molecule has 0 aliphatic rings. The third kappa shape index (κ3) is 2.88. The number of ether oxygens (including phenoxy) is 2.